The molecule has 1 heterocycles. The topological polar surface area (TPSA) is 42.7 Å². The summed E-state index contributed by atoms with van der Waals surface area (Å²) < 4.78 is 1.80. The fourth-order valence-corrected chi connectivity index (χ4v) is 1.76. The lowest BCUT2D eigenvalue weighted by Crippen LogP contribution is -2.18. The zero-order valence-electron chi connectivity index (χ0n) is 8.86. The molecule has 0 saturated carbocycles. The van der Waals surface area contributed by atoms with Gasteiger partial charge < -0.3 is 5.32 Å². The van der Waals surface area contributed by atoms with Crippen molar-refractivity contribution in [3.8, 4) is 0 Å². The van der Waals surface area contributed by atoms with Crippen LogP contribution in [-0.4, -0.2) is 32.8 Å². The van der Waals surface area contributed by atoms with E-state index in [1.807, 2.05) is 18.8 Å². The quantitative estimate of drug-likeness (QED) is 0.689. The predicted octanol–water partition coefficient (Wildman–Crippen LogP) is 1.05. The lowest BCUT2D eigenvalue weighted by Gasteiger charge is -2.03. The molecular formula is C9H18N4S. The Balaban J connectivity index is 2.02. The van der Waals surface area contributed by atoms with E-state index in [1.54, 1.807) is 11.0 Å². The summed E-state index contributed by atoms with van der Waals surface area (Å²) in [4.78, 5) is 4.13. The summed E-state index contributed by atoms with van der Waals surface area (Å²) in [5, 5.41) is 7.36. The van der Waals surface area contributed by atoms with Crippen molar-refractivity contribution < 1.29 is 0 Å². The van der Waals surface area contributed by atoms with E-state index in [2.05, 4.69) is 22.3 Å². The molecule has 1 aromatic rings. The van der Waals surface area contributed by atoms with Gasteiger partial charge in [0.2, 0.25) is 0 Å². The first-order valence-electron chi connectivity index (χ1n) is 4.96. The van der Waals surface area contributed by atoms with Crippen LogP contribution < -0.4 is 5.32 Å². The highest BCUT2D eigenvalue weighted by atomic mass is 32.2. The Morgan fingerprint density at radius 3 is 3.07 bits per heavy atom. The van der Waals surface area contributed by atoms with E-state index in [0.717, 1.165) is 18.9 Å². The van der Waals surface area contributed by atoms with Gasteiger partial charge in [0.25, 0.3) is 0 Å². The summed E-state index contributed by atoms with van der Waals surface area (Å²) in [6.45, 7) is 4.06. The molecule has 1 rings (SSSR count). The van der Waals surface area contributed by atoms with Crippen LogP contribution in [0.25, 0.3) is 0 Å². The molecule has 0 aliphatic rings. The SMILES string of the molecule is CCSCCCNCc1ncnn1C. The van der Waals surface area contributed by atoms with E-state index in [4.69, 9.17) is 0 Å². The van der Waals surface area contributed by atoms with Gasteiger partial charge in [0.05, 0.1) is 6.54 Å². The number of aryl methyl sites for hydroxylation is 1. The van der Waals surface area contributed by atoms with Crippen LogP contribution >= 0.6 is 11.8 Å². The van der Waals surface area contributed by atoms with E-state index in [-0.39, 0.29) is 0 Å². The minimum Gasteiger partial charge on any atom is -0.310 e. The van der Waals surface area contributed by atoms with Gasteiger partial charge >= 0.3 is 0 Å². The molecule has 0 spiro atoms. The molecule has 4 nitrogen and oxygen atoms in total. The van der Waals surface area contributed by atoms with Crippen molar-refractivity contribution >= 4 is 11.8 Å². The molecular weight excluding hydrogens is 196 g/mol. The summed E-state index contributed by atoms with van der Waals surface area (Å²) in [5.74, 6) is 3.44. The molecule has 0 bridgehead atoms. The van der Waals surface area contributed by atoms with Crippen LogP contribution in [0.5, 0.6) is 0 Å². The van der Waals surface area contributed by atoms with Crippen molar-refractivity contribution in [3.63, 3.8) is 0 Å². The van der Waals surface area contributed by atoms with Crippen LogP contribution in [0.3, 0.4) is 0 Å². The van der Waals surface area contributed by atoms with E-state index < -0.39 is 0 Å². The highest BCUT2D eigenvalue weighted by molar-refractivity contribution is 7.99. The second kappa shape index (κ2) is 6.84. The zero-order valence-corrected chi connectivity index (χ0v) is 9.68. The first kappa shape index (κ1) is 11.5. The molecule has 0 amide bonds. The Bertz CT molecular complexity index is 249. The normalized spacial score (nSPS) is 10.7. The maximum Gasteiger partial charge on any atom is 0.140 e. The largest absolute Gasteiger partial charge is 0.310 e. The molecule has 14 heavy (non-hydrogen) atoms. The molecule has 1 aromatic heterocycles. The summed E-state index contributed by atoms with van der Waals surface area (Å²) >= 11 is 1.99. The Morgan fingerprint density at radius 1 is 1.57 bits per heavy atom. The van der Waals surface area contributed by atoms with Gasteiger partial charge in [-0.2, -0.15) is 16.9 Å². The van der Waals surface area contributed by atoms with Crippen molar-refractivity contribution in [2.45, 2.75) is 19.9 Å². The highest BCUT2D eigenvalue weighted by Gasteiger charge is 1.98. The van der Waals surface area contributed by atoms with E-state index in [0.29, 0.717) is 0 Å². The number of nitrogens with one attached hydrogen (secondary N) is 1. The summed E-state index contributed by atoms with van der Waals surface area (Å²) in [7, 11) is 1.91. The predicted molar refractivity (Wildman–Crippen MR) is 60.3 cm³/mol. The minimum absolute atomic E-state index is 0.813. The molecule has 0 aromatic carbocycles. The number of hydrogen-bond donors (Lipinski definition) is 1. The monoisotopic (exact) mass is 214 g/mol. The second-order valence-corrected chi connectivity index (χ2v) is 4.42. The van der Waals surface area contributed by atoms with Gasteiger partial charge in [-0.1, -0.05) is 6.92 Å². The van der Waals surface area contributed by atoms with Gasteiger partial charge in [0, 0.05) is 7.05 Å². The third-order valence-electron chi connectivity index (χ3n) is 1.93. The Morgan fingerprint density at radius 2 is 2.43 bits per heavy atom. The van der Waals surface area contributed by atoms with Gasteiger partial charge in [0.1, 0.15) is 12.2 Å². The van der Waals surface area contributed by atoms with Gasteiger partial charge in [-0.15, -0.1) is 0 Å². The van der Waals surface area contributed by atoms with Crippen LogP contribution in [0, 0.1) is 0 Å². The second-order valence-electron chi connectivity index (χ2n) is 3.03. The van der Waals surface area contributed by atoms with Crippen molar-refractivity contribution in [2.24, 2.45) is 7.05 Å². The Labute approximate surface area is 89.5 Å². The Hall–Kier alpha value is -0.550. The molecule has 80 valence electrons. The van der Waals surface area contributed by atoms with Crippen LogP contribution in [0.15, 0.2) is 6.33 Å². The summed E-state index contributed by atoms with van der Waals surface area (Å²) in [6, 6.07) is 0. The lowest BCUT2D eigenvalue weighted by molar-refractivity contribution is 0.610. The number of nitrogens with zero attached hydrogens (tertiary/aromatic N) is 3. The minimum atomic E-state index is 0.813. The molecule has 5 heteroatoms. The van der Waals surface area contributed by atoms with Crippen LogP contribution in [0.2, 0.25) is 0 Å². The molecule has 0 unspecified atom stereocenters. The molecule has 0 fully saturated rings. The number of thioether (sulfide) groups is 1. The smallest absolute Gasteiger partial charge is 0.140 e. The maximum absolute atomic E-state index is 4.13. The molecule has 0 saturated heterocycles. The van der Waals surface area contributed by atoms with Crippen LogP contribution in [0.1, 0.15) is 19.2 Å². The van der Waals surface area contributed by atoms with Gasteiger partial charge in [-0.25, -0.2) is 4.98 Å². The molecule has 0 aliphatic heterocycles. The molecule has 0 atom stereocenters. The molecule has 0 aliphatic carbocycles. The average Bonchev–Trinajstić information content (AvgIpc) is 2.58. The van der Waals surface area contributed by atoms with E-state index in [1.165, 1.54) is 17.9 Å². The zero-order chi connectivity index (χ0) is 10.2. The van der Waals surface area contributed by atoms with Gasteiger partial charge in [-0.05, 0) is 24.5 Å². The first-order chi connectivity index (χ1) is 6.84. The lowest BCUT2D eigenvalue weighted by atomic mass is 10.4. The third-order valence-corrected chi connectivity index (χ3v) is 2.92. The third kappa shape index (κ3) is 4.11. The first-order valence-corrected chi connectivity index (χ1v) is 6.11. The van der Waals surface area contributed by atoms with Crippen LogP contribution in [0.4, 0.5) is 0 Å². The maximum atomic E-state index is 4.13. The Kier molecular flexibility index (Phi) is 5.63. The highest BCUT2D eigenvalue weighted by Crippen LogP contribution is 1.99. The van der Waals surface area contributed by atoms with E-state index >= 15 is 0 Å². The molecule has 0 radical (unpaired) electrons. The van der Waals surface area contributed by atoms with Crippen molar-refractivity contribution in [2.75, 3.05) is 18.1 Å². The van der Waals surface area contributed by atoms with Gasteiger partial charge in [0.15, 0.2) is 0 Å². The average molecular weight is 214 g/mol. The molecule has 1 N–H and O–H groups in total. The number of rotatable bonds is 7. The van der Waals surface area contributed by atoms with Crippen molar-refractivity contribution in [1.29, 1.82) is 0 Å². The van der Waals surface area contributed by atoms with Crippen molar-refractivity contribution in [1.82, 2.24) is 20.1 Å². The fourth-order valence-electron chi connectivity index (χ4n) is 1.12. The summed E-state index contributed by atoms with van der Waals surface area (Å²) in [6.07, 6.45) is 2.81. The fraction of sp³-hybridized carbons (Fsp3) is 0.778. The number of hydrogen-bond acceptors (Lipinski definition) is 4. The summed E-state index contributed by atoms with van der Waals surface area (Å²) in [5.41, 5.74) is 0. The van der Waals surface area contributed by atoms with E-state index in [9.17, 15) is 0 Å². The number of aromatic nitrogens is 3. The van der Waals surface area contributed by atoms with Crippen molar-refractivity contribution in [3.05, 3.63) is 12.2 Å². The standard InChI is InChI=1S/C9H18N4S/c1-3-14-6-4-5-10-7-9-11-8-12-13(9)2/h8,10H,3-7H2,1-2H3. The van der Waals surface area contributed by atoms with Gasteiger partial charge in [-0.3, -0.25) is 4.68 Å². The van der Waals surface area contributed by atoms with Crippen LogP contribution in [-0.2, 0) is 13.6 Å².